The van der Waals surface area contributed by atoms with Crippen molar-refractivity contribution in [3.05, 3.63) is 53.1 Å². The van der Waals surface area contributed by atoms with Crippen LogP contribution in [0, 0.1) is 36.1 Å². The number of nitrogens with zero attached hydrogens (tertiary/aromatic N) is 1. The number of carbonyl (C=O) groups is 1. The van der Waals surface area contributed by atoms with E-state index in [-0.39, 0.29) is 17.2 Å². The fourth-order valence-corrected chi connectivity index (χ4v) is 8.93. The first-order valence-corrected chi connectivity index (χ1v) is 15.0. The van der Waals surface area contributed by atoms with Gasteiger partial charge in [-0.25, -0.2) is 4.39 Å². The Balaban J connectivity index is 1.71. The van der Waals surface area contributed by atoms with Crippen LogP contribution in [0.5, 0.6) is 0 Å². The predicted molar refractivity (Wildman–Crippen MR) is 146 cm³/mol. The maximum absolute atomic E-state index is 14.0. The minimum atomic E-state index is -2.46. The van der Waals surface area contributed by atoms with Crippen LogP contribution in [0.1, 0.15) is 87.3 Å². The minimum absolute atomic E-state index is 0.0140. The number of rotatable bonds is 9. The van der Waals surface area contributed by atoms with Crippen LogP contribution >= 0.6 is 8.03 Å². The van der Waals surface area contributed by atoms with Gasteiger partial charge >= 0.3 is 14.0 Å². The van der Waals surface area contributed by atoms with Crippen molar-refractivity contribution in [2.45, 2.75) is 81.9 Å². The molecule has 4 aliphatic carbocycles. The molecule has 0 spiro atoms. The fraction of sp³-hybridized carbons (Fsp3) is 0.548. The van der Waals surface area contributed by atoms with Crippen molar-refractivity contribution in [3.8, 4) is 23.7 Å². The van der Waals surface area contributed by atoms with Gasteiger partial charge in [0.05, 0.1) is 19.2 Å². The Morgan fingerprint density at radius 1 is 1.18 bits per heavy atom. The highest BCUT2D eigenvalue weighted by molar-refractivity contribution is 7.39. The topological polar surface area (TPSA) is 85.7 Å². The number of hydrogen-bond acceptors (Lipinski definition) is 6. The zero-order chi connectivity index (χ0) is 27.9. The summed E-state index contributed by atoms with van der Waals surface area (Å²) in [6.07, 6.45) is 12.3. The molecule has 3 atom stereocenters. The lowest BCUT2D eigenvalue weighted by molar-refractivity contribution is -0.139. The van der Waals surface area contributed by atoms with Gasteiger partial charge < -0.3 is 9.84 Å². The Morgan fingerprint density at radius 3 is 2.28 bits per heavy atom. The van der Waals surface area contributed by atoms with Crippen LogP contribution in [0.2, 0.25) is 0 Å². The Morgan fingerprint density at radius 2 is 1.77 bits per heavy atom. The molecule has 0 saturated heterocycles. The molecule has 0 radical (unpaired) electrons. The zero-order valence-electron chi connectivity index (χ0n) is 22.7. The van der Waals surface area contributed by atoms with Crippen molar-refractivity contribution in [3.63, 3.8) is 0 Å². The molecule has 1 aromatic carbocycles. The third kappa shape index (κ3) is 5.40. The van der Waals surface area contributed by atoms with E-state index in [2.05, 4.69) is 10.8 Å². The highest BCUT2D eigenvalue weighted by Crippen LogP contribution is 2.61. The van der Waals surface area contributed by atoms with Gasteiger partial charge in [0.25, 0.3) is 0 Å². The van der Waals surface area contributed by atoms with Gasteiger partial charge in [-0.15, -0.1) is 4.52 Å². The molecule has 4 saturated carbocycles. The maximum atomic E-state index is 14.0. The van der Waals surface area contributed by atoms with Gasteiger partial charge in [0.2, 0.25) is 5.66 Å². The highest BCUT2D eigenvalue weighted by atomic mass is 31.1. The molecule has 3 unspecified atom stereocenters. The number of aliphatic hydroxyl groups is 1. The molecule has 1 aromatic heterocycles. The molecule has 4 aliphatic rings. The van der Waals surface area contributed by atoms with E-state index in [9.17, 15) is 18.9 Å². The second kappa shape index (κ2) is 11.1. The summed E-state index contributed by atoms with van der Waals surface area (Å²) >= 11 is 0. The molecule has 2 aromatic rings. The molecule has 6 rings (SSSR count). The van der Waals surface area contributed by atoms with Gasteiger partial charge in [-0.05, 0) is 96.1 Å². The summed E-state index contributed by atoms with van der Waals surface area (Å²) in [6, 6.07) is 8.24. The van der Waals surface area contributed by atoms with E-state index >= 15 is 0 Å². The number of pyridine rings is 1. The largest absolute Gasteiger partial charge is 0.518 e. The van der Waals surface area contributed by atoms with E-state index in [0.717, 1.165) is 36.1 Å². The molecule has 39 heavy (non-hydrogen) atoms. The number of halogens is 1. The monoisotopic (exact) mass is 552 g/mol. The number of benzene rings is 1. The van der Waals surface area contributed by atoms with Crippen molar-refractivity contribution < 1.29 is 28.1 Å². The summed E-state index contributed by atoms with van der Waals surface area (Å²) in [5, 5.41) is 11.3. The molecule has 8 heteroatoms. The zero-order valence-corrected chi connectivity index (χ0v) is 23.6. The summed E-state index contributed by atoms with van der Waals surface area (Å²) in [5.41, 5.74) is 2.65. The normalized spacial score (nSPS) is 27.2. The standard InChI is InChI=1S/C31H36FNO5P/c1-5-38-27(35)14-25(34)30(39(36)37-4)28-24(22-6-8-23(32)9-7-22)13-26(33-29(28)18(2)3)31-15-19-10-20(16-31)12-21(11-19)17-31/h1,6-9,13,18-21,25,30,34H,10-12,14-17H2,2-4H3/q+1. The third-order valence-corrected chi connectivity index (χ3v) is 10.4. The lowest BCUT2D eigenvalue weighted by atomic mass is 9.48. The van der Waals surface area contributed by atoms with Crippen molar-refractivity contribution in [2.75, 3.05) is 7.11 Å². The van der Waals surface area contributed by atoms with Crippen molar-refractivity contribution >= 4 is 14.0 Å². The Bertz CT molecular complexity index is 1270. The maximum Gasteiger partial charge on any atom is 0.518 e. The molecule has 0 amide bonds. The second-order valence-electron chi connectivity index (χ2n) is 12.0. The van der Waals surface area contributed by atoms with Crippen LogP contribution in [0.15, 0.2) is 30.3 Å². The SMILES string of the molecule is C#COC(=O)CC(O)C(c1c(-c2ccc(F)cc2)cc(C23CC4CC(CC(C4)C2)C3)nc1C(C)C)[P+](=O)OC. The van der Waals surface area contributed by atoms with Gasteiger partial charge in [-0.2, -0.15) is 0 Å². The van der Waals surface area contributed by atoms with Gasteiger partial charge in [0.1, 0.15) is 18.0 Å². The summed E-state index contributed by atoms with van der Waals surface area (Å²) in [7, 11) is -1.15. The average molecular weight is 553 g/mol. The van der Waals surface area contributed by atoms with Crippen LogP contribution in [0.25, 0.3) is 11.1 Å². The Labute approximate surface area is 230 Å². The van der Waals surface area contributed by atoms with Gasteiger partial charge in [-0.3, -0.25) is 9.78 Å². The quantitative estimate of drug-likeness (QED) is 0.209. The molecule has 0 aliphatic heterocycles. The first-order chi connectivity index (χ1) is 18.6. The van der Waals surface area contributed by atoms with E-state index in [4.69, 9.17) is 15.9 Å². The summed E-state index contributed by atoms with van der Waals surface area (Å²) in [6.45, 7) is 4.03. The number of terminal acetylenes is 1. The number of aromatic nitrogens is 1. The first kappa shape index (κ1) is 27.9. The lowest BCUT2D eigenvalue weighted by Crippen LogP contribution is -2.49. The first-order valence-electron chi connectivity index (χ1n) is 13.8. The molecule has 6 nitrogen and oxygen atoms in total. The van der Waals surface area contributed by atoms with Crippen molar-refractivity contribution in [1.29, 1.82) is 0 Å². The number of aliphatic hydroxyl groups excluding tert-OH is 1. The van der Waals surface area contributed by atoms with Crippen molar-refractivity contribution in [1.82, 2.24) is 4.98 Å². The second-order valence-corrected chi connectivity index (χ2v) is 13.5. The predicted octanol–water partition coefficient (Wildman–Crippen LogP) is 6.79. The smallest absolute Gasteiger partial charge is 0.387 e. The molecular weight excluding hydrogens is 516 g/mol. The summed E-state index contributed by atoms with van der Waals surface area (Å²) in [5.74, 6) is 0.900. The van der Waals surface area contributed by atoms with Crippen LogP contribution in [-0.2, 0) is 24.0 Å². The Kier molecular flexibility index (Phi) is 7.93. The number of ether oxygens (including phenoxy) is 1. The molecule has 4 bridgehead atoms. The van der Waals surface area contributed by atoms with Gasteiger partial charge in [0.15, 0.2) is 0 Å². The van der Waals surface area contributed by atoms with Crippen LogP contribution in [0.4, 0.5) is 4.39 Å². The van der Waals surface area contributed by atoms with E-state index < -0.39 is 32.2 Å². The van der Waals surface area contributed by atoms with Gasteiger partial charge in [0, 0.05) is 16.7 Å². The molecular formula is C31H36FNO5P+. The molecule has 1 heterocycles. The highest BCUT2D eigenvalue weighted by Gasteiger charge is 2.53. The number of esters is 1. The van der Waals surface area contributed by atoms with E-state index in [1.165, 1.54) is 38.5 Å². The van der Waals surface area contributed by atoms with E-state index in [0.29, 0.717) is 29.0 Å². The number of carbonyl (C=O) groups excluding carboxylic acids is 1. The van der Waals surface area contributed by atoms with E-state index in [1.807, 2.05) is 20.0 Å². The minimum Gasteiger partial charge on any atom is -0.387 e. The van der Waals surface area contributed by atoms with E-state index in [1.54, 1.807) is 12.1 Å². The Hall–Kier alpha value is -2.65. The average Bonchev–Trinajstić information content (AvgIpc) is 2.88. The number of hydrogen-bond donors (Lipinski definition) is 1. The molecule has 1 N–H and O–H groups in total. The summed E-state index contributed by atoms with van der Waals surface area (Å²) < 4.78 is 37.3. The lowest BCUT2D eigenvalue weighted by Gasteiger charge is -2.56. The van der Waals surface area contributed by atoms with Gasteiger partial charge in [-0.1, -0.05) is 32.4 Å². The van der Waals surface area contributed by atoms with Crippen LogP contribution in [0.3, 0.4) is 0 Å². The van der Waals surface area contributed by atoms with Crippen molar-refractivity contribution in [2.24, 2.45) is 17.8 Å². The van der Waals surface area contributed by atoms with Crippen LogP contribution in [-0.4, -0.2) is 29.3 Å². The fourth-order valence-electron chi connectivity index (χ4n) is 7.83. The third-order valence-electron chi connectivity index (χ3n) is 8.99. The summed E-state index contributed by atoms with van der Waals surface area (Å²) in [4.78, 5) is 17.5. The molecule has 206 valence electrons. The van der Waals surface area contributed by atoms with Crippen LogP contribution < -0.4 is 0 Å². The molecule has 4 fully saturated rings.